The highest BCUT2D eigenvalue weighted by molar-refractivity contribution is 7.98. The van der Waals surface area contributed by atoms with Crippen LogP contribution in [0.25, 0.3) is 0 Å². The van der Waals surface area contributed by atoms with Gasteiger partial charge in [-0.2, -0.15) is 11.8 Å². The number of hydrogen-bond donors (Lipinski definition) is 1. The van der Waals surface area contributed by atoms with Gasteiger partial charge in [0, 0.05) is 18.3 Å². The summed E-state index contributed by atoms with van der Waals surface area (Å²) in [6.45, 7) is 2.31. The third-order valence-electron chi connectivity index (χ3n) is 3.03. The molecule has 1 rings (SSSR count). The van der Waals surface area contributed by atoms with E-state index in [1.54, 1.807) is 0 Å². The van der Waals surface area contributed by atoms with E-state index in [4.69, 9.17) is 0 Å². The number of nitrogens with one attached hydrogen (secondary N) is 1. The van der Waals surface area contributed by atoms with Gasteiger partial charge >= 0.3 is 0 Å². The Kier molecular flexibility index (Phi) is 7.33. The fourth-order valence-corrected chi connectivity index (χ4v) is 2.37. The maximum atomic E-state index is 3.40. The van der Waals surface area contributed by atoms with Gasteiger partial charge in [0.25, 0.3) is 0 Å². The van der Waals surface area contributed by atoms with Crippen molar-refractivity contribution in [2.75, 3.05) is 39.2 Å². The van der Waals surface area contributed by atoms with E-state index in [1.165, 1.54) is 17.9 Å². The molecular formula is C14H24N2S. The van der Waals surface area contributed by atoms with Crippen molar-refractivity contribution < 1.29 is 0 Å². The summed E-state index contributed by atoms with van der Waals surface area (Å²) in [5.41, 5.74) is 1.38. The van der Waals surface area contributed by atoms with Crippen LogP contribution < -0.4 is 5.32 Å². The molecule has 0 saturated carbocycles. The second kappa shape index (κ2) is 8.56. The Morgan fingerprint density at radius 2 is 1.94 bits per heavy atom. The number of thioether (sulfide) groups is 1. The predicted molar refractivity (Wildman–Crippen MR) is 78.7 cm³/mol. The fraction of sp³-hybridized carbons (Fsp3) is 0.571. The molecule has 0 fully saturated rings. The molecule has 0 radical (unpaired) electrons. The average molecular weight is 252 g/mol. The number of nitrogens with zero attached hydrogens (tertiary/aromatic N) is 1. The molecule has 0 bridgehead atoms. The van der Waals surface area contributed by atoms with Crippen molar-refractivity contribution in [2.45, 2.75) is 12.5 Å². The summed E-state index contributed by atoms with van der Waals surface area (Å²) in [6, 6.07) is 11.1. The molecule has 0 heterocycles. The quantitative estimate of drug-likeness (QED) is 0.766. The van der Waals surface area contributed by atoms with Crippen molar-refractivity contribution in [3.05, 3.63) is 35.9 Å². The second-order valence-corrected chi connectivity index (χ2v) is 5.32. The van der Waals surface area contributed by atoms with Gasteiger partial charge in [-0.1, -0.05) is 30.3 Å². The fourth-order valence-electron chi connectivity index (χ4n) is 1.87. The molecule has 0 aliphatic heterocycles. The maximum absolute atomic E-state index is 3.40. The van der Waals surface area contributed by atoms with E-state index >= 15 is 0 Å². The lowest BCUT2D eigenvalue weighted by Gasteiger charge is -2.21. The third kappa shape index (κ3) is 5.57. The first-order valence-electron chi connectivity index (χ1n) is 6.17. The molecule has 3 heteroatoms. The summed E-state index contributed by atoms with van der Waals surface area (Å²) in [4.78, 5) is 2.41. The van der Waals surface area contributed by atoms with Crippen molar-refractivity contribution in [3.63, 3.8) is 0 Å². The number of rotatable bonds is 8. The second-order valence-electron chi connectivity index (χ2n) is 4.34. The standard InChI is InChI=1S/C14H24N2S/c1-15-14(13-7-5-4-6-8-13)9-10-16(2)11-12-17-3/h4-8,14-15H,9-12H2,1-3H3. The van der Waals surface area contributed by atoms with Gasteiger partial charge in [-0.3, -0.25) is 0 Å². The average Bonchev–Trinajstić information content (AvgIpc) is 2.38. The molecule has 1 atom stereocenters. The molecule has 0 aliphatic carbocycles. The highest BCUT2D eigenvalue weighted by Gasteiger charge is 2.09. The van der Waals surface area contributed by atoms with Crippen molar-refractivity contribution in [1.29, 1.82) is 0 Å². The molecule has 96 valence electrons. The van der Waals surface area contributed by atoms with Gasteiger partial charge in [-0.25, -0.2) is 0 Å². The monoisotopic (exact) mass is 252 g/mol. The van der Waals surface area contributed by atoms with Gasteiger partial charge in [0.1, 0.15) is 0 Å². The molecular weight excluding hydrogens is 228 g/mol. The van der Waals surface area contributed by atoms with E-state index < -0.39 is 0 Å². The Morgan fingerprint density at radius 1 is 1.24 bits per heavy atom. The van der Waals surface area contributed by atoms with E-state index in [2.05, 4.69) is 53.9 Å². The normalized spacial score (nSPS) is 12.9. The number of hydrogen-bond acceptors (Lipinski definition) is 3. The zero-order valence-electron chi connectivity index (χ0n) is 11.1. The van der Waals surface area contributed by atoms with Crippen LogP contribution in [0, 0.1) is 0 Å². The summed E-state index contributed by atoms with van der Waals surface area (Å²) in [6.07, 6.45) is 3.32. The molecule has 0 spiro atoms. The van der Waals surface area contributed by atoms with Gasteiger partial charge in [-0.15, -0.1) is 0 Å². The minimum absolute atomic E-state index is 0.466. The molecule has 0 aliphatic rings. The summed E-state index contributed by atoms with van der Waals surface area (Å²) >= 11 is 1.91. The van der Waals surface area contributed by atoms with Gasteiger partial charge in [0.05, 0.1) is 0 Å². The Morgan fingerprint density at radius 3 is 2.53 bits per heavy atom. The van der Waals surface area contributed by atoms with Crippen LogP contribution in [0.1, 0.15) is 18.0 Å². The molecule has 0 amide bonds. The molecule has 17 heavy (non-hydrogen) atoms. The summed E-state index contributed by atoms with van der Waals surface area (Å²) in [5, 5.41) is 3.40. The summed E-state index contributed by atoms with van der Waals surface area (Å²) in [5.74, 6) is 1.21. The molecule has 0 aromatic heterocycles. The lowest BCUT2D eigenvalue weighted by atomic mass is 10.0. The molecule has 1 unspecified atom stereocenters. The molecule has 1 aromatic rings. The van der Waals surface area contributed by atoms with Gasteiger partial charge < -0.3 is 10.2 Å². The van der Waals surface area contributed by atoms with Crippen LogP contribution in [-0.2, 0) is 0 Å². The SMILES string of the molecule is CNC(CCN(C)CCSC)c1ccccc1. The van der Waals surface area contributed by atoms with E-state index in [1.807, 2.05) is 18.8 Å². The van der Waals surface area contributed by atoms with Gasteiger partial charge in [0.15, 0.2) is 0 Å². The zero-order chi connectivity index (χ0) is 12.5. The van der Waals surface area contributed by atoms with E-state index in [-0.39, 0.29) is 0 Å². The van der Waals surface area contributed by atoms with Crippen LogP contribution in [0.4, 0.5) is 0 Å². The first-order valence-corrected chi connectivity index (χ1v) is 7.57. The summed E-state index contributed by atoms with van der Waals surface area (Å²) in [7, 11) is 4.24. The first-order chi connectivity index (χ1) is 8.27. The number of benzene rings is 1. The van der Waals surface area contributed by atoms with Crippen LogP contribution in [0.15, 0.2) is 30.3 Å². The Labute approximate surface area is 110 Å². The van der Waals surface area contributed by atoms with E-state index in [0.717, 1.165) is 13.0 Å². The van der Waals surface area contributed by atoms with Crippen molar-refractivity contribution in [1.82, 2.24) is 10.2 Å². The maximum Gasteiger partial charge on any atom is 0.0329 e. The first kappa shape index (κ1) is 14.6. The smallest absolute Gasteiger partial charge is 0.0329 e. The lowest BCUT2D eigenvalue weighted by Crippen LogP contribution is -2.27. The molecule has 1 aromatic carbocycles. The minimum Gasteiger partial charge on any atom is -0.313 e. The minimum atomic E-state index is 0.466. The Hall–Kier alpha value is -0.510. The van der Waals surface area contributed by atoms with E-state index in [0.29, 0.717) is 6.04 Å². The van der Waals surface area contributed by atoms with Crippen LogP contribution in [0.2, 0.25) is 0 Å². The molecule has 2 nitrogen and oxygen atoms in total. The van der Waals surface area contributed by atoms with Gasteiger partial charge in [-0.05, 0) is 38.9 Å². The third-order valence-corrected chi connectivity index (χ3v) is 3.62. The van der Waals surface area contributed by atoms with Crippen LogP contribution in [0.5, 0.6) is 0 Å². The largest absolute Gasteiger partial charge is 0.313 e. The predicted octanol–water partition coefficient (Wildman–Crippen LogP) is 2.63. The zero-order valence-corrected chi connectivity index (χ0v) is 12.0. The Bertz CT molecular complexity index is 290. The van der Waals surface area contributed by atoms with Crippen LogP contribution >= 0.6 is 11.8 Å². The summed E-state index contributed by atoms with van der Waals surface area (Å²) < 4.78 is 0. The van der Waals surface area contributed by atoms with E-state index in [9.17, 15) is 0 Å². The topological polar surface area (TPSA) is 15.3 Å². The highest BCUT2D eigenvalue weighted by atomic mass is 32.2. The lowest BCUT2D eigenvalue weighted by molar-refractivity contribution is 0.328. The molecule has 1 N–H and O–H groups in total. The van der Waals surface area contributed by atoms with Gasteiger partial charge in [0.2, 0.25) is 0 Å². The van der Waals surface area contributed by atoms with Crippen molar-refractivity contribution >= 4 is 11.8 Å². The highest BCUT2D eigenvalue weighted by Crippen LogP contribution is 2.15. The molecule has 0 saturated heterocycles. The Balaban J connectivity index is 2.38. The van der Waals surface area contributed by atoms with Crippen molar-refractivity contribution in [3.8, 4) is 0 Å². The van der Waals surface area contributed by atoms with Crippen LogP contribution in [0.3, 0.4) is 0 Å². The van der Waals surface area contributed by atoms with Crippen LogP contribution in [-0.4, -0.2) is 44.1 Å². The van der Waals surface area contributed by atoms with Crippen molar-refractivity contribution in [2.24, 2.45) is 0 Å².